The Kier molecular flexibility index (Phi) is 11.1. The lowest BCUT2D eigenvalue weighted by Gasteiger charge is -2.39. The molecule has 4 aromatic rings. The third-order valence-corrected chi connectivity index (χ3v) is 9.09. The van der Waals surface area contributed by atoms with Crippen LogP contribution in [0.2, 0.25) is 0 Å². The van der Waals surface area contributed by atoms with Gasteiger partial charge >= 0.3 is 0 Å². The van der Waals surface area contributed by atoms with Crippen LogP contribution < -0.4 is 11.1 Å². The Morgan fingerprint density at radius 1 is 0.907 bits per heavy atom. The summed E-state index contributed by atoms with van der Waals surface area (Å²) in [5, 5.41) is 4.99. The van der Waals surface area contributed by atoms with Crippen molar-refractivity contribution < 1.29 is 9.59 Å². The Labute approximate surface area is 259 Å². The molecule has 7 heteroatoms. The van der Waals surface area contributed by atoms with Gasteiger partial charge in [-0.3, -0.25) is 14.5 Å². The molecule has 2 amide bonds. The zero-order valence-electron chi connectivity index (χ0n) is 24.8. The maximum Gasteiger partial charge on any atom is 0.251 e. The van der Waals surface area contributed by atoms with Gasteiger partial charge < -0.3 is 16.0 Å². The van der Waals surface area contributed by atoms with Gasteiger partial charge in [0, 0.05) is 62.2 Å². The molecule has 0 bridgehead atoms. The molecule has 3 aromatic carbocycles. The fourth-order valence-corrected chi connectivity index (χ4v) is 6.66. The Balaban J connectivity index is 1.31. The number of nitrogens with two attached hydrogens (primary N) is 1. The number of amides is 2. The first-order chi connectivity index (χ1) is 21.1. The lowest BCUT2D eigenvalue weighted by atomic mass is 9.96. The molecule has 0 unspecified atom stereocenters. The van der Waals surface area contributed by atoms with Crippen LogP contribution in [0.25, 0.3) is 11.1 Å². The maximum atomic E-state index is 13.8. The van der Waals surface area contributed by atoms with Crippen molar-refractivity contribution in [1.29, 1.82) is 0 Å². The highest BCUT2D eigenvalue weighted by Gasteiger charge is 2.28. The van der Waals surface area contributed by atoms with Crippen LogP contribution in [0, 0.1) is 0 Å². The minimum atomic E-state index is -0.128. The zero-order chi connectivity index (χ0) is 29.9. The quantitative estimate of drug-likeness (QED) is 0.196. The van der Waals surface area contributed by atoms with Crippen LogP contribution in [0.15, 0.2) is 96.4 Å². The molecule has 0 atom stereocenters. The van der Waals surface area contributed by atoms with E-state index in [0.29, 0.717) is 31.6 Å². The lowest BCUT2D eigenvalue weighted by molar-refractivity contribution is -0.135. The summed E-state index contributed by atoms with van der Waals surface area (Å²) in [5.41, 5.74) is 10.5. The fraction of sp³-hybridized carbons (Fsp3) is 0.333. The molecule has 1 fully saturated rings. The number of aryl methyl sites for hydroxylation is 1. The number of thiophene rings is 1. The molecule has 0 spiro atoms. The van der Waals surface area contributed by atoms with Gasteiger partial charge in [-0.05, 0) is 71.5 Å². The highest BCUT2D eigenvalue weighted by Crippen LogP contribution is 2.27. The largest absolute Gasteiger partial charge is 0.351 e. The molecule has 0 saturated carbocycles. The number of hydrogen-bond acceptors (Lipinski definition) is 5. The van der Waals surface area contributed by atoms with Crippen LogP contribution in [0.5, 0.6) is 0 Å². The number of carbonyl (C=O) groups excluding carboxylic acids is 2. The molecular formula is C36H42N4O2S. The van der Waals surface area contributed by atoms with Crippen LogP contribution in [-0.2, 0) is 24.3 Å². The van der Waals surface area contributed by atoms with Crippen molar-refractivity contribution in [1.82, 2.24) is 15.1 Å². The van der Waals surface area contributed by atoms with E-state index in [-0.39, 0.29) is 17.9 Å². The Morgan fingerprint density at radius 2 is 1.67 bits per heavy atom. The molecule has 6 nitrogen and oxygen atoms in total. The summed E-state index contributed by atoms with van der Waals surface area (Å²) >= 11 is 1.76. The summed E-state index contributed by atoms with van der Waals surface area (Å²) in [7, 11) is 0. The highest BCUT2D eigenvalue weighted by molar-refractivity contribution is 7.09. The Hall–Kier alpha value is -3.78. The van der Waals surface area contributed by atoms with Crippen molar-refractivity contribution >= 4 is 23.2 Å². The Bertz CT molecular complexity index is 1450. The highest BCUT2D eigenvalue weighted by atomic mass is 32.1. The summed E-state index contributed by atoms with van der Waals surface area (Å²) in [5.74, 6) is 0.0984. The second-order valence-corrected chi connectivity index (χ2v) is 12.3. The fourth-order valence-electron chi connectivity index (χ4n) is 5.91. The number of piperidine rings is 1. The predicted octanol–water partition coefficient (Wildman–Crippen LogP) is 6.12. The van der Waals surface area contributed by atoms with Gasteiger partial charge in [0.2, 0.25) is 5.91 Å². The van der Waals surface area contributed by atoms with E-state index >= 15 is 0 Å². The van der Waals surface area contributed by atoms with Crippen molar-refractivity contribution in [2.24, 2.45) is 5.73 Å². The number of nitrogens with one attached hydrogen (secondary N) is 1. The molecule has 0 aliphatic carbocycles. The number of likely N-dealkylation sites (tertiary alicyclic amines) is 1. The van der Waals surface area contributed by atoms with Gasteiger partial charge in [-0.25, -0.2) is 0 Å². The number of nitrogens with zero attached hydrogens (tertiary/aromatic N) is 2. The lowest BCUT2D eigenvalue weighted by Crippen LogP contribution is -2.46. The van der Waals surface area contributed by atoms with Gasteiger partial charge in [-0.15, -0.1) is 11.3 Å². The van der Waals surface area contributed by atoms with Gasteiger partial charge in [-0.1, -0.05) is 72.8 Å². The first-order valence-corrected chi connectivity index (χ1v) is 16.2. The van der Waals surface area contributed by atoms with Crippen LogP contribution >= 0.6 is 11.3 Å². The van der Waals surface area contributed by atoms with Crippen molar-refractivity contribution in [3.8, 4) is 11.1 Å². The molecule has 3 N–H and O–H groups in total. The molecule has 1 saturated heterocycles. The second kappa shape index (κ2) is 15.6. The SMILES string of the molecule is NCCNC(=O)c1ccccc1-c1cccc(CN(C(=O)CCCc2cccs2)C2CCN(Cc3ccccc3)CC2)c1. The van der Waals surface area contributed by atoms with Crippen molar-refractivity contribution in [3.05, 3.63) is 118 Å². The number of carbonyl (C=O) groups is 2. The van der Waals surface area contributed by atoms with Crippen LogP contribution in [-0.4, -0.2) is 53.8 Å². The number of rotatable bonds is 13. The molecular weight excluding hydrogens is 552 g/mol. The van der Waals surface area contributed by atoms with E-state index in [1.165, 1.54) is 10.4 Å². The van der Waals surface area contributed by atoms with Gasteiger partial charge in [-0.2, -0.15) is 0 Å². The van der Waals surface area contributed by atoms with E-state index in [1.807, 2.05) is 36.4 Å². The Morgan fingerprint density at radius 3 is 2.44 bits per heavy atom. The topological polar surface area (TPSA) is 78.7 Å². The zero-order valence-corrected chi connectivity index (χ0v) is 25.6. The normalized spacial score (nSPS) is 14.0. The summed E-state index contributed by atoms with van der Waals surface area (Å²) in [6.45, 7) is 4.29. The predicted molar refractivity (Wildman–Crippen MR) is 176 cm³/mol. The van der Waals surface area contributed by atoms with Crippen molar-refractivity contribution in [2.45, 2.75) is 51.2 Å². The summed E-state index contributed by atoms with van der Waals surface area (Å²) in [6, 6.07) is 31.0. The van der Waals surface area contributed by atoms with Crippen molar-refractivity contribution in [2.75, 3.05) is 26.2 Å². The molecule has 43 heavy (non-hydrogen) atoms. The van der Waals surface area contributed by atoms with E-state index in [1.54, 1.807) is 11.3 Å². The van der Waals surface area contributed by atoms with Crippen molar-refractivity contribution in [3.63, 3.8) is 0 Å². The van der Waals surface area contributed by atoms with E-state index in [4.69, 9.17) is 5.73 Å². The minimum Gasteiger partial charge on any atom is -0.351 e. The summed E-state index contributed by atoms with van der Waals surface area (Å²) in [4.78, 5) is 32.6. The average molecular weight is 595 g/mol. The van der Waals surface area contributed by atoms with Gasteiger partial charge in [0.25, 0.3) is 5.91 Å². The smallest absolute Gasteiger partial charge is 0.251 e. The van der Waals surface area contributed by atoms with Crippen LogP contribution in [0.3, 0.4) is 0 Å². The third kappa shape index (κ3) is 8.63. The molecule has 1 aliphatic heterocycles. The van der Waals surface area contributed by atoms with Crippen LogP contribution in [0.4, 0.5) is 0 Å². The summed E-state index contributed by atoms with van der Waals surface area (Å²) in [6.07, 6.45) is 4.27. The molecule has 5 rings (SSSR count). The van der Waals surface area contributed by atoms with E-state index in [0.717, 1.165) is 62.0 Å². The standard InChI is InChI=1S/C36H42N4O2S/c37-20-21-38-36(42)34-16-5-4-15-33(34)30-12-6-11-29(25-30)27-40(35(41)17-7-13-32-14-8-24-43-32)31-18-22-39(23-19-31)26-28-9-2-1-3-10-28/h1-6,8-12,14-16,24-25,31H,7,13,17-23,26-27,37H2,(H,38,42). The third-order valence-electron chi connectivity index (χ3n) is 8.15. The molecule has 2 heterocycles. The van der Waals surface area contributed by atoms with Crippen LogP contribution in [0.1, 0.15) is 52.0 Å². The number of hydrogen-bond donors (Lipinski definition) is 2. The van der Waals surface area contributed by atoms with Gasteiger partial charge in [0.15, 0.2) is 0 Å². The number of benzene rings is 3. The van der Waals surface area contributed by atoms with Gasteiger partial charge in [0.1, 0.15) is 0 Å². The molecule has 224 valence electrons. The molecule has 0 radical (unpaired) electrons. The first-order valence-electron chi connectivity index (χ1n) is 15.4. The van der Waals surface area contributed by atoms with E-state index in [2.05, 4.69) is 75.1 Å². The second-order valence-electron chi connectivity index (χ2n) is 11.2. The first kappa shape index (κ1) is 30.7. The van der Waals surface area contributed by atoms with E-state index < -0.39 is 0 Å². The maximum absolute atomic E-state index is 13.8. The summed E-state index contributed by atoms with van der Waals surface area (Å²) < 4.78 is 0. The average Bonchev–Trinajstić information content (AvgIpc) is 3.57. The van der Waals surface area contributed by atoms with Gasteiger partial charge in [0.05, 0.1) is 0 Å². The van der Waals surface area contributed by atoms with E-state index in [9.17, 15) is 9.59 Å². The molecule has 1 aliphatic rings. The molecule has 1 aromatic heterocycles. The minimum absolute atomic E-state index is 0.128. The monoisotopic (exact) mass is 594 g/mol.